The Bertz CT molecular complexity index is 1120. The Morgan fingerprint density at radius 2 is 0.980 bits per heavy atom. The van der Waals surface area contributed by atoms with Crippen molar-refractivity contribution in [3.63, 3.8) is 0 Å². The van der Waals surface area contributed by atoms with Gasteiger partial charge in [-0.3, -0.25) is 9.59 Å². The monoisotopic (exact) mass is 732 g/mol. The Morgan fingerprint density at radius 1 is 0.520 bits per heavy atom. The Hall–Kier alpha value is -1.78. The fraction of sp³-hybridized carbons (Fsp3) is 0.929. The number of carbonyl (C=O) groups is 2. The summed E-state index contributed by atoms with van der Waals surface area (Å²) >= 11 is 0. The van der Waals surface area contributed by atoms with Crippen molar-refractivity contribution in [3.05, 3.63) is 0 Å². The Labute approximate surface area is 285 Å². The molecular formula is C28H48N2O20. The molecule has 22 nitrogen and oxygen atoms in total. The summed E-state index contributed by atoms with van der Waals surface area (Å²) in [4.78, 5) is 24.4. The molecule has 4 fully saturated rings. The topological polar surface area (TPSA) is 345 Å². The molecule has 4 aliphatic rings. The van der Waals surface area contributed by atoms with E-state index in [1.807, 2.05) is 0 Å². The average molecular weight is 733 g/mol. The van der Waals surface area contributed by atoms with E-state index in [4.69, 9.17) is 33.2 Å². The van der Waals surface area contributed by atoms with Crippen LogP contribution in [0.1, 0.15) is 20.8 Å². The van der Waals surface area contributed by atoms with E-state index in [9.17, 15) is 65.8 Å². The Kier molecular flexibility index (Phi) is 14.2. The third kappa shape index (κ3) is 8.70. The van der Waals surface area contributed by atoms with E-state index in [2.05, 4.69) is 10.6 Å². The van der Waals surface area contributed by atoms with Gasteiger partial charge in [-0.15, -0.1) is 0 Å². The molecule has 4 heterocycles. The molecule has 0 aromatic heterocycles. The molecule has 0 saturated carbocycles. The highest BCUT2D eigenvalue weighted by molar-refractivity contribution is 5.73. The summed E-state index contributed by atoms with van der Waals surface area (Å²) in [7, 11) is 0. The molecule has 0 aromatic carbocycles. The largest absolute Gasteiger partial charge is 0.394 e. The van der Waals surface area contributed by atoms with Crippen LogP contribution in [0.15, 0.2) is 0 Å². The average Bonchev–Trinajstić information content (AvgIpc) is 3.07. The molecule has 290 valence electrons. The van der Waals surface area contributed by atoms with Crippen LogP contribution in [0.5, 0.6) is 0 Å². The van der Waals surface area contributed by atoms with Gasteiger partial charge >= 0.3 is 0 Å². The van der Waals surface area contributed by atoms with Crippen molar-refractivity contribution in [1.82, 2.24) is 10.6 Å². The lowest BCUT2D eigenvalue weighted by atomic mass is 9.93. The summed E-state index contributed by atoms with van der Waals surface area (Å²) in [5.74, 6) is -1.43. The number of amides is 2. The molecule has 0 radical (unpaired) electrons. The number of rotatable bonds is 11. The van der Waals surface area contributed by atoms with Gasteiger partial charge in [0.25, 0.3) is 0 Å². The van der Waals surface area contributed by atoms with E-state index in [-0.39, 0.29) is 0 Å². The van der Waals surface area contributed by atoms with Crippen molar-refractivity contribution >= 4 is 11.8 Å². The zero-order valence-corrected chi connectivity index (χ0v) is 27.3. The van der Waals surface area contributed by atoms with E-state index in [1.165, 1.54) is 6.92 Å². The maximum absolute atomic E-state index is 12.6. The highest BCUT2D eigenvalue weighted by Gasteiger charge is 2.56. The van der Waals surface area contributed by atoms with Crippen molar-refractivity contribution in [2.45, 2.75) is 143 Å². The third-order valence-corrected chi connectivity index (χ3v) is 8.97. The first-order valence-corrected chi connectivity index (χ1v) is 15.9. The van der Waals surface area contributed by atoms with Crippen LogP contribution in [0.4, 0.5) is 0 Å². The lowest BCUT2D eigenvalue weighted by molar-refractivity contribution is -0.382. The second-order valence-electron chi connectivity index (χ2n) is 12.6. The fourth-order valence-electron chi connectivity index (χ4n) is 6.29. The van der Waals surface area contributed by atoms with Crippen LogP contribution in [0, 0.1) is 0 Å². The molecule has 20 atom stereocenters. The van der Waals surface area contributed by atoms with Gasteiger partial charge in [0.15, 0.2) is 25.2 Å². The van der Waals surface area contributed by atoms with Crippen LogP contribution in [0.25, 0.3) is 0 Å². The maximum Gasteiger partial charge on any atom is 0.217 e. The summed E-state index contributed by atoms with van der Waals surface area (Å²) in [6, 6.07) is -3.10. The van der Waals surface area contributed by atoms with Crippen molar-refractivity contribution in [2.24, 2.45) is 0 Å². The van der Waals surface area contributed by atoms with Crippen LogP contribution in [-0.2, 0) is 42.7 Å². The van der Waals surface area contributed by atoms with E-state index in [0.29, 0.717) is 0 Å². The summed E-state index contributed by atoms with van der Waals surface area (Å²) in [6.45, 7) is 0.931. The molecule has 0 aromatic rings. The summed E-state index contributed by atoms with van der Waals surface area (Å²) in [5, 5.41) is 119. The number of ether oxygens (including phenoxy) is 7. The number of hydrogen-bond acceptors (Lipinski definition) is 20. The molecule has 4 aliphatic heterocycles. The first-order valence-electron chi connectivity index (χ1n) is 15.9. The number of aliphatic hydroxyl groups is 11. The summed E-state index contributed by atoms with van der Waals surface area (Å²) < 4.78 is 40.4. The first kappa shape index (κ1) is 41.0. The zero-order chi connectivity index (χ0) is 37.2. The highest BCUT2D eigenvalue weighted by Crippen LogP contribution is 2.35. The van der Waals surface area contributed by atoms with Gasteiger partial charge in [-0.2, -0.15) is 0 Å². The normalized spacial score (nSPS) is 48.5. The van der Waals surface area contributed by atoms with Gasteiger partial charge in [0.1, 0.15) is 91.4 Å². The fourth-order valence-corrected chi connectivity index (χ4v) is 6.29. The van der Waals surface area contributed by atoms with E-state index in [1.54, 1.807) is 0 Å². The predicted molar refractivity (Wildman–Crippen MR) is 156 cm³/mol. The lowest BCUT2D eigenvalue weighted by Crippen LogP contribution is -2.71. The second kappa shape index (κ2) is 17.4. The molecule has 1 unspecified atom stereocenters. The molecule has 0 aliphatic carbocycles. The quantitative estimate of drug-likeness (QED) is 0.0938. The molecule has 50 heavy (non-hydrogen) atoms. The molecule has 4 rings (SSSR count). The second-order valence-corrected chi connectivity index (χ2v) is 12.6. The first-order chi connectivity index (χ1) is 23.5. The smallest absolute Gasteiger partial charge is 0.217 e. The maximum atomic E-state index is 12.6. The summed E-state index contributed by atoms with van der Waals surface area (Å²) in [5.41, 5.74) is 0. The van der Waals surface area contributed by atoms with Crippen LogP contribution in [0.3, 0.4) is 0 Å². The SMILES string of the molecule is CC(=O)N[C@H]1[C@H](O[C@H]2[C@H](O)[C@@H](NC(C)=O)C(O)O[C@@H]2CO)O[C@H](CO)[C@@H](O[C@@H]2O[C@@H](C)[C@@H](O)[C@@H](O)[C@@H]2O)[C@@H]1O[C@@H]1O[C@H](CO)[C@H](O)[C@H](O)[C@H]1O. The van der Waals surface area contributed by atoms with E-state index in [0.717, 1.165) is 13.8 Å². The van der Waals surface area contributed by atoms with E-state index < -0.39 is 154 Å². The minimum atomic E-state index is -2.00. The molecule has 4 saturated heterocycles. The van der Waals surface area contributed by atoms with Gasteiger partial charge in [-0.25, -0.2) is 0 Å². The van der Waals surface area contributed by atoms with Crippen LogP contribution >= 0.6 is 0 Å². The van der Waals surface area contributed by atoms with E-state index >= 15 is 0 Å². The van der Waals surface area contributed by atoms with Gasteiger partial charge in [0, 0.05) is 13.8 Å². The summed E-state index contributed by atoms with van der Waals surface area (Å²) in [6.07, 6.45) is -30.5. The standard InChI is InChI=1S/C28H48N2O20/c1-7-15(36)18(39)20(41)27(44-7)49-23-12(6-33)47-26(48-22-11(5-32)45-25(43)13(17(22)38)29-8(2)34)14(30-9(3)35)24(23)50-28-21(42)19(40)16(37)10(4-31)46-28/h7,10-28,31-33,36-43H,4-6H2,1-3H3,(H,29,34)(H,30,35)/t7-,10+,11+,12+,13+,14+,15+,16-,17+,18+,19-,20-,21+,22+,23+,24+,25?,26-,27-,28-/m0/s1. The predicted octanol–water partition coefficient (Wildman–Crippen LogP) is -8.43. The highest BCUT2D eigenvalue weighted by atomic mass is 16.8. The number of carbonyl (C=O) groups excluding carboxylic acids is 2. The molecular weight excluding hydrogens is 684 g/mol. The van der Waals surface area contributed by atoms with Gasteiger partial charge in [-0.05, 0) is 6.92 Å². The van der Waals surface area contributed by atoms with Crippen LogP contribution in [-0.4, -0.2) is 211 Å². The number of hydrogen-bond donors (Lipinski definition) is 13. The molecule has 2 amide bonds. The number of aliphatic hydroxyl groups excluding tert-OH is 11. The van der Waals surface area contributed by atoms with Crippen molar-refractivity contribution < 1.29 is 98.9 Å². The minimum Gasteiger partial charge on any atom is -0.394 e. The lowest BCUT2D eigenvalue weighted by Gasteiger charge is -2.51. The van der Waals surface area contributed by atoms with Crippen molar-refractivity contribution in [1.29, 1.82) is 0 Å². The van der Waals surface area contributed by atoms with Crippen molar-refractivity contribution in [2.75, 3.05) is 19.8 Å². The van der Waals surface area contributed by atoms with Gasteiger partial charge in [0.05, 0.1) is 25.9 Å². The molecule has 13 N–H and O–H groups in total. The molecule has 0 spiro atoms. The van der Waals surface area contributed by atoms with Gasteiger partial charge in [0.2, 0.25) is 11.8 Å². The zero-order valence-electron chi connectivity index (χ0n) is 27.3. The third-order valence-electron chi connectivity index (χ3n) is 8.97. The molecule has 22 heteroatoms. The van der Waals surface area contributed by atoms with Crippen LogP contribution in [0.2, 0.25) is 0 Å². The Balaban J connectivity index is 1.74. The number of nitrogens with one attached hydrogen (secondary N) is 2. The Morgan fingerprint density at radius 3 is 1.54 bits per heavy atom. The van der Waals surface area contributed by atoms with Gasteiger partial charge in [-0.1, -0.05) is 0 Å². The van der Waals surface area contributed by atoms with Crippen molar-refractivity contribution in [3.8, 4) is 0 Å². The van der Waals surface area contributed by atoms with Crippen LogP contribution < -0.4 is 10.6 Å². The minimum absolute atomic E-state index is 0.671. The molecule has 0 bridgehead atoms. The van der Waals surface area contributed by atoms with Gasteiger partial charge < -0.3 is 100.0 Å².